The van der Waals surface area contributed by atoms with E-state index in [1.54, 1.807) is 6.92 Å². The minimum Gasteiger partial charge on any atom is -0.467 e. The molecule has 0 heterocycles. The van der Waals surface area contributed by atoms with Crippen LogP contribution in [0.25, 0.3) is 0 Å². The third-order valence-corrected chi connectivity index (χ3v) is 1.84. The van der Waals surface area contributed by atoms with Gasteiger partial charge in [0.2, 0.25) is 0 Å². The number of hydrogen-bond donors (Lipinski definition) is 0. The van der Waals surface area contributed by atoms with Crippen molar-refractivity contribution >= 4 is 12.4 Å². The van der Waals surface area contributed by atoms with Gasteiger partial charge in [0.15, 0.2) is 6.79 Å². The molecule has 0 aliphatic carbocycles. The Labute approximate surface area is 90.2 Å². The molecular formula is C9H10BF4O2-. The first kappa shape index (κ1) is 12.8. The van der Waals surface area contributed by atoms with Crippen molar-refractivity contribution in [2.75, 3.05) is 13.4 Å². The number of benzene rings is 1. The van der Waals surface area contributed by atoms with E-state index in [2.05, 4.69) is 0 Å². The Morgan fingerprint density at radius 1 is 1.25 bits per heavy atom. The predicted molar refractivity (Wildman–Crippen MR) is 52.2 cm³/mol. The molecule has 0 aromatic heterocycles. The van der Waals surface area contributed by atoms with Gasteiger partial charge in [0, 0.05) is 12.7 Å². The minimum absolute atomic E-state index is 0.00903. The summed E-state index contributed by atoms with van der Waals surface area (Å²) in [5.41, 5.74) is -1.25. The van der Waals surface area contributed by atoms with Crippen molar-refractivity contribution in [3.63, 3.8) is 0 Å². The molecule has 16 heavy (non-hydrogen) atoms. The normalized spacial score (nSPS) is 11.6. The van der Waals surface area contributed by atoms with Crippen LogP contribution in [-0.4, -0.2) is 20.4 Å². The minimum atomic E-state index is -5.33. The summed E-state index contributed by atoms with van der Waals surface area (Å²) >= 11 is 0. The van der Waals surface area contributed by atoms with Gasteiger partial charge in [-0.05, 0) is 13.0 Å². The molecule has 7 heteroatoms. The van der Waals surface area contributed by atoms with Gasteiger partial charge in [-0.2, -0.15) is 0 Å². The Bertz CT molecular complexity index is 354. The van der Waals surface area contributed by atoms with E-state index in [-0.39, 0.29) is 12.5 Å². The second kappa shape index (κ2) is 5.20. The molecule has 0 saturated carbocycles. The molecule has 0 aliphatic heterocycles. The first-order valence-electron chi connectivity index (χ1n) is 4.65. The van der Waals surface area contributed by atoms with Gasteiger partial charge < -0.3 is 22.4 Å². The Kier molecular flexibility index (Phi) is 4.17. The van der Waals surface area contributed by atoms with Crippen molar-refractivity contribution < 1.29 is 26.8 Å². The molecule has 0 fully saturated rings. The van der Waals surface area contributed by atoms with Crippen LogP contribution in [0.2, 0.25) is 0 Å². The van der Waals surface area contributed by atoms with E-state index < -0.39 is 18.3 Å². The highest BCUT2D eigenvalue weighted by Crippen LogP contribution is 2.16. The first-order chi connectivity index (χ1) is 7.45. The molecule has 2 nitrogen and oxygen atoms in total. The Morgan fingerprint density at radius 3 is 2.44 bits per heavy atom. The monoisotopic (exact) mass is 237 g/mol. The van der Waals surface area contributed by atoms with Gasteiger partial charge in [-0.15, -0.1) is 0 Å². The third-order valence-electron chi connectivity index (χ3n) is 1.84. The van der Waals surface area contributed by atoms with Crippen molar-refractivity contribution in [2.45, 2.75) is 6.92 Å². The van der Waals surface area contributed by atoms with Crippen LogP contribution in [0.15, 0.2) is 18.2 Å². The summed E-state index contributed by atoms with van der Waals surface area (Å²) in [4.78, 5) is 0. The molecule has 0 aliphatic rings. The summed E-state index contributed by atoms with van der Waals surface area (Å²) in [6.45, 7) is -3.30. The fourth-order valence-corrected chi connectivity index (χ4v) is 1.06. The smallest absolute Gasteiger partial charge is 0.467 e. The van der Waals surface area contributed by atoms with Crippen LogP contribution in [0.5, 0.6) is 5.75 Å². The summed E-state index contributed by atoms with van der Waals surface area (Å²) < 4.78 is 59.4. The molecule has 0 saturated heterocycles. The highest BCUT2D eigenvalue weighted by atomic mass is 19.4. The maximum Gasteiger partial charge on any atom is 0.512 e. The van der Waals surface area contributed by atoms with Crippen molar-refractivity contribution in [3.05, 3.63) is 24.0 Å². The molecule has 0 radical (unpaired) electrons. The molecule has 0 unspecified atom stereocenters. The quantitative estimate of drug-likeness (QED) is 0.338. The molecule has 0 N–H and O–H groups in total. The van der Waals surface area contributed by atoms with Gasteiger partial charge in [0.1, 0.15) is 5.75 Å². The van der Waals surface area contributed by atoms with Crippen molar-refractivity contribution in [1.29, 1.82) is 0 Å². The van der Waals surface area contributed by atoms with Gasteiger partial charge in [-0.1, -0.05) is 11.5 Å². The topological polar surface area (TPSA) is 18.5 Å². The van der Waals surface area contributed by atoms with Gasteiger partial charge in [-0.25, -0.2) is 4.39 Å². The number of halogens is 4. The molecule has 0 atom stereocenters. The van der Waals surface area contributed by atoms with Crippen molar-refractivity contribution in [3.8, 4) is 5.75 Å². The second-order valence-electron chi connectivity index (χ2n) is 3.01. The molecule has 0 spiro atoms. The van der Waals surface area contributed by atoms with Crippen molar-refractivity contribution in [1.82, 2.24) is 0 Å². The average Bonchev–Trinajstić information content (AvgIpc) is 2.16. The highest BCUT2D eigenvalue weighted by molar-refractivity contribution is 6.73. The molecule has 1 aromatic rings. The fourth-order valence-electron chi connectivity index (χ4n) is 1.06. The summed E-state index contributed by atoms with van der Waals surface area (Å²) in [6.07, 6.45) is 0. The maximum absolute atomic E-state index is 13.0. The average molecular weight is 237 g/mol. The molecule has 0 bridgehead atoms. The molecule has 90 valence electrons. The summed E-state index contributed by atoms with van der Waals surface area (Å²) in [5, 5.41) is 0. The Hall–Kier alpha value is -1.24. The van der Waals surface area contributed by atoms with Crippen LogP contribution in [0, 0.1) is 5.82 Å². The zero-order valence-electron chi connectivity index (χ0n) is 8.55. The zero-order chi connectivity index (χ0) is 12.2. The number of hydrogen-bond acceptors (Lipinski definition) is 2. The standard InChI is InChI=1S/C9H10BF4O2/c1-2-15-6-16-7-3-4-8(9(11)5-7)10(12,13)14/h3-5H,2,6H2,1H3/q-1. The van der Waals surface area contributed by atoms with E-state index in [9.17, 15) is 17.3 Å². The van der Waals surface area contributed by atoms with Gasteiger partial charge in [0.25, 0.3) is 0 Å². The van der Waals surface area contributed by atoms with Crippen LogP contribution >= 0.6 is 0 Å². The van der Waals surface area contributed by atoms with Gasteiger partial charge >= 0.3 is 6.98 Å². The lowest BCUT2D eigenvalue weighted by molar-refractivity contribution is 0.0223. The van der Waals surface area contributed by atoms with Gasteiger partial charge in [-0.3, -0.25) is 0 Å². The summed E-state index contributed by atoms with van der Waals surface area (Å²) in [5.74, 6) is -1.32. The van der Waals surface area contributed by atoms with E-state index in [4.69, 9.17) is 9.47 Å². The lowest BCUT2D eigenvalue weighted by atomic mass is 9.80. The SMILES string of the molecule is CCOCOc1ccc([B-](F)(F)F)c(F)c1. The van der Waals surface area contributed by atoms with E-state index in [0.717, 1.165) is 6.07 Å². The van der Waals surface area contributed by atoms with Crippen molar-refractivity contribution in [2.24, 2.45) is 0 Å². The van der Waals surface area contributed by atoms with Crippen LogP contribution in [-0.2, 0) is 4.74 Å². The Morgan fingerprint density at radius 2 is 1.94 bits per heavy atom. The lowest BCUT2D eigenvalue weighted by Gasteiger charge is -2.16. The largest absolute Gasteiger partial charge is 0.512 e. The molecule has 1 aromatic carbocycles. The highest BCUT2D eigenvalue weighted by Gasteiger charge is 2.28. The van der Waals surface area contributed by atoms with E-state index in [1.165, 1.54) is 0 Å². The van der Waals surface area contributed by atoms with Crippen LogP contribution in [0.4, 0.5) is 17.3 Å². The van der Waals surface area contributed by atoms with Crippen LogP contribution < -0.4 is 10.2 Å². The van der Waals surface area contributed by atoms with Crippen LogP contribution in [0.3, 0.4) is 0 Å². The molecular weight excluding hydrogens is 227 g/mol. The van der Waals surface area contributed by atoms with Gasteiger partial charge in [0.05, 0.1) is 5.82 Å². The van der Waals surface area contributed by atoms with E-state index >= 15 is 0 Å². The predicted octanol–water partition coefficient (Wildman–Crippen LogP) is 2.25. The Balaban J connectivity index is 2.75. The maximum atomic E-state index is 13.0. The second-order valence-corrected chi connectivity index (χ2v) is 3.01. The lowest BCUT2D eigenvalue weighted by Crippen LogP contribution is -2.36. The third kappa shape index (κ3) is 3.41. The van der Waals surface area contributed by atoms with E-state index in [0.29, 0.717) is 18.7 Å². The van der Waals surface area contributed by atoms with Crippen LogP contribution in [0.1, 0.15) is 6.92 Å². The first-order valence-corrected chi connectivity index (χ1v) is 4.65. The molecule has 1 rings (SSSR count). The van der Waals surface area contributed by atoms with E-state index in [1.807, 2.05) is 0 Å². The summed E-state index contributed by atoms with van der Waals surface area (Å²) in [6, 6.07) is 2.42. The number of rotatable bonds is 5. The number of ether oxygens (including phenoxy) is 2. The zero-order valence-corrected chi connectivity index (χ0v) is 8.55. The summed E-state index contributed by atoms with van der Waals surface area (Å²) in [7, 11) is 0. The fraction of sp³-hybridized carbons (Fsp3) is 0.333. The molecule has 0 amide bonds.